The van der Waals surface area contributed by atoms with Gasteiger partial charge in [-0.3, -0.25) is 9.89 Å². The number of nitrogens with two attached hydrogens (primary N) is 2. The topological polar surface area (TPSA) is 76.9 Å². The van der Waals surface area contributed by atoms with Crippen molar-refractivity contribution in [3.05, 3.63) is 29.5 Å². The molecule has 19 heavy (non-hydrogen) atoms. The Morgan fingerprint density at radius 1 is 1.37 bits per heavy atom. The van der Waals surface area contributed by atoms with Gasteiger partial charge in [-0.05, 0) is 30.3 Å². The summed E-state index contributed by atoms with van der Waals surface area (Å²) >= 11 is 0. The average molecular weight is 260 g/mol. The molecule has 0 amide bonds. The number of ether oxygens (including phenoxy) is 1. The third kappa shape index (κ3) is 2.42. The largest absolute Gasteiger partial charge is 0.495 e. The fourth-order valence-corrected chi connectivity index (χ4v) is 2.42. The zero-order valence-electron chi connectivity index (χ0n) is 11.6. The maximum atomic E-state index is 6.00. The van der Waals surface area contributed by atoms with Crippen LogP contribution in [0.5, 0.6) is 5.75 Å². The van der Waals surface area contributed by atoms with Crippen molar-refractivity contribution in [1.82, 2.24) is 4.90 Å². The van der Waals surface area contributed by atoms with Crippen molar-refractivity contribution in [3.63, 3.8) is 0 Å². The van der Waals surface area contributed by atoms with Crippen LogP contribution in [0, 0.1) is 0 Å². The van der Waals surface area contributed by atoms with E-state index in [-0.39, 0.29) is 0 Å². The molecule has 0 saturated heterocycles. The Bertz CT molecular complexity index is 549. The molecule has 102 valence electrons. The predicted molar refractivity (Wildman–Crippen MR) is 79.3 cm³/mol. The Morgan fingerprint density at radius 2 is 2.11 bits per heavy atom. The molecule has 5 heteroatoms. The first-order chi connectivity index (χ1) is 9.10. The summed E-state index contributed by atoms with van der Waals surface area (Å²) in [5.74, 6) is 0.695. The van der Waals surface area contributed by atoms with Gasteiger partial charge in [-0.15, -0.1) is 0 Å². The number of anilines is 1. The molecule has 0 spiro atoms. The van der Waals surface area contributed by atoms with Crippen LogP contribution >= 0.6 is 0 Å². The van der Waals surface area contributed by atoms with Crippen molar-refractivity contribution in [2.75, 3.05) is 33.5 Å². The first kappa shape index (κ1) is 13.4. The second kappa shape index (κ2) is 5.32. The van der Waals surface area contributed by atoms with Crippen LogP contribution in [0.1, 0.15) is 11.1 Å². The molecule has 0 aliphatic carbocycles. The molecule has 0 bridgehead atoms. The second-order valence-electron chi connectivity index (χ2n) is 4.67. The smallest absolute Gasteiger partial charge is 0.142 e. The van der Waals surface area contributed by atoms with Crippen LogP contribution in [0.25, 0.3) is 5.57 Å². The van der Waals surface area contributed by atoms with E-state index in [1.54, 1.807) is 20.4 Å². The SMILES string of the molecule is CN=C1CN(C)Cc2cc(OC)c(N)cc2C1=CN. The lowest BCUT2D eigenvalue weighted by Crippen LogP contribution is -2.23. The Balaban J connectivity index is 2.65. The zero-order chi connectivity index (χ0) is 14.0. The van der Waals surface area contributed by atoms with Gasteiger partial charge in [0.05, 0.1) is 18.5 Å². The Kier molecular flexibility index (Phi) is 3.76. The van der Waals surface area contributed by atoms with E-state index in [2.05, 4.69) is 16.9 Å². The summed E-state index contributed by atoms with van der Waals surface area (Å²) in [7, 11) is 5.46. The van der Waals surface area contributed by atoms with Crippen molar-refractivity contribution in [2.24, 2.45) is 10.7 Å². The minimum Gasteiger partial charge on any atom is -0.495 e. The van der Waals surface area contributed by atoms with Crippen LogP contribution in [0.2, 0.25) is 0 Å². The lowest BCUT2D eigenvalue weighted by molar-refractivity contribution is 0.374. The van der Waals surface area contributed by atoms with Gasteiger partial charge in [0.1, 0.15) is 5.75 Å². The van der Waals surface area contributed by atoms with Gasteiger partial charge in [-0.25, -0.2) is 0 Å². The van der Waals surface area contributed by atoms with Crippen LogP contribution in [0.3, 0.4) is 0 Å². The molecule has 5 nitrogen and oxygen atoms in total. The third-order valence-electron chi connectivity index (χ3n) is 3.35. The van der Waals surface area contributed by atoms with Gasteiger partial charge in [-0.1, -0.05) is 0 Å². The summed E-state index contributed by atoms with van der Waals surface area (Å²) in [6.45, 7) is 1.57. The third-order valence-corrected chi connectivity index (χ3v) is 3.35. The van der Waals surface area contributed by atoms with E-state index in [0.29, 0.717) is 11.4 Å². The molecule has 4 N–H and O–H groups in total. The minimum atomic E-state index is 0.612. The molecule has 0 unspecified atom stereocenters. The van der Waals surface area contributed by atoms with Crippen molar-refractivity contribution < 1.29 is 4.74 Å². The lowest BCUT2D eigenvalue weighted by atomic mass is 9.97. The van der Waals surface area contributed by atoms with E-state index in [1.165, 1.54) is 0 Å². The quantitative estimate of drug-likeness (QED) is 0.741. The van der Waals surface area contributed by atoms with Gasteiger partial charge in [-0.2, -0.15) is 0 Å². The standard InChI is InChI=1S/C14H20N4O/c1-17-13-8-18(2)7-9-4-14(19-3)12(16)5-10(9)11(13)6-15/h4-6H,7-8,15-16H2,1-3H3. The summed E-state index contributed by atoms with van der Waals surface area (Å²) in [5, 5.41) is 0. The monoisotopic (exact) mass is 260 g/mol. The molecule has 0 atom stereocenters. The van der Waals surface area contributed by atoms with E-state index >= 15 is 0 Å². The molecule has 2 rings (SSSR count). The highest BCUT2D eigenvalue weighted by Gasteiger charge is 2.21. The molecule has 1 aromatic rings. The number of hydrogen-bond acceptors (Lipinski definition) is 5. The molecule has 0 aromatic heterocycles. The first-order valence-corrected chi connectivity index (χ1v) is 6.14. The Labute approximate surface area is 113 Å². The number of nitrogens with zero attached hydrogens (tertiary/aromatic N) is 2. The van der Waals surface area contributed by atoms with Gasteiger partial charge in [0, 0.05) is 31.9 Å². The van der Waals surface area contributed by atoms with Crippen molar-refractivity contribution in [3.8, 4) is 5.75 Å². The van der Waals surface area contributed by atoms with E-state index < -0.39 is 0 Å². The summed E-state index contributed by atoms with van der Waals surface area (Å²) < 4.78 is 5.28. The number of methoxy groups -OCH3 is 1. The number of aliphatic imine (C=N–C) groups is 1. The summed E-state index contributed by atoms with van der Waals surface area (Å²) in [6.07, 6.45) is 1.60. The molecule has 1 aliphatic rings. The van der Waals surface area contributed by atoms with Crippen LogP contribution in [0.4, 0.5) is 5.69 Å². The molecule has 0 fully saturated rings. The Morgan fingerprint density at radius 3 is 2.68 bits per heavy atom. The van der Waals surface area contributed by atoms with E-state index in [9.17, 15) is 0 Å². The number of nitrogen functional groups attached to an aromatic ring is 1. The predicted octanol–water partition coefficient (Wildman–Crippen LogP) is 1.09. The van der Waals surface area contributed by atoms with Crippen molar-refractivity contribution >= 4 is 17.0 Å². The maximum Gasteiger partial charge on any atom is 0.142 e. The molecule has 0 radical (unpaired) electrons. The summed E-state index contributed by atoms with van der Waals surface area (Å²) in [6, 6.07) is 3.89. The summed E-state index contributed by atoms with van der Waals surface area (Å²) in [4.78, 5) is 6.52. The highest BCUT2D eigenvalue weighted by molar-refractivity contribution is 6.25. The lowest BCUT2D eigenvalue weighted by Gasteiger charge is -2.14. The first-order valence-electron chi connectivity index (χ1n) is 6.14. The number of rotatable bonds is 1. The number of hydrogen-bond donors (Lipinski definition) is 2. The molecule has 1 aromatic carbocycles. The van der Waals surface area contributed by atoms with Crippen LogP contribution < -0.4 is 16.2 Å². The van der Waals surface area contributed by atoms with Gasteiger partial charge < -0.3 is 16.2 Å². The van der Waals surface area contributed by atoms with Gasteiger partial charge >= 0.3 is 0 Å². The molecule has 0 saturated carbocycles. The normalized spacial score (nSPS) is 20.4. The fourth-order valence-electron chi connectivity index (χ4n) is 2.42. The number of benzene rings is 1. The molecule has 1 heterocycles. The fraction of sp³-hybridized carbons (Fsp3) is 0.357. The van der Waals surface area contributed by atoms with E-state index in [4.69, 9.17) is 16.2 Å². The molecular formula is C14H20N4O. The van der Waals surface area contributed by atoms with Crippen molar-refractivity contribution in [1.29, 1.82) is 0 Å². The minimum absolute atomic E-state index is 0.612. The van der Waals surface area contributed by atoms with E-state index in [1.807, 2.05) is 12.1 Å². The second-order valence-corrected chi connectivity index (χ2v) is 4.67. The summed E-state index contributed by atoms with van der Waals surface area (Å²) in [5.41, 5.74) is 16.5. The molecule has 1 aliphatic heterocycles. The zero-order valence-corrected chi connectivity index (χ0v) is 11.6. The Hall–Kier alpha value is -2.01. The number of fused-ring (bicyclic) bond motifs is 1. The van der Waals surface area contributed by atoms with Crippen molar-refractivity contribution in [2.45, 2.75) is 6.54 Å². The molecular weight excluding hydrogens is 240 g/mol. The van der Waals surface area contributed by atoms with Crippen LogP contribution in [-0.4, -0.2) is 38.4 Å². The van der Waals surface area contributed by atoms with Crippen LogP contribution in [0.15, 0.2) is 23.3 Å². The highest BCUT2D eigenvalue weighted by atomic mass is 16.5. The maximum absolute atomic E-state index is 6.00. The van der Waals surface area contributed by atoms with Crippen LogP contribution in [-0.2, 0) is 6.54 Å². The average Bonchev–Trinajstić information content (AvgIpc) is 2.53. The van der Waals surface area contributed by atoms with Gasteiger partial charge in [0.25, 0.3) is 0 Å². The van der Waals surface area contributed by atoms with E-state index in [0.717, 1.165) is 35.5 Å². The van der Waals surface area contributed by atoms with Gasteiger partial charge in [0.2, 0.25) is 0 Å². The highest BCUT2D eigenvalue weighted by Crippen LogP contribution is 2.32. The van der Waals surface area contributed by atoms with Gasteiger partial charge in [0.15, 0.2) is 0 Å².